The van der Waals surface area contributed by atoms with Gasteiger partial charge in [-0.2, -0.15) is 0 Å². The highest BCUT2D eigenvalue weighted by Crippen LogP contribution is 2.36. The van der Waals surface area contributed by atoms with Crippen LogP contribution in [0.4, 0.5) is 16.0 Å². The second kappa shape index (κ2) is 7.87. The summed E-state index contributed by atoms with van der Waals surface area (Å²) in [6, 6.07) is 11.6. The van der Waals surface area contributed by atoms with Crippen LogP contribution in [0.2, 0.25) is 0 Å². The fourth-order valence-corrected chi connectivity index (χ4v) is 3.51. The zero-order chi connectivity index (χ0) is 20.4. The van der Waals surface area contributed by atoms with Crippen molar-refractivity contribution in [2.45, 2.75) is 18.8 Å². The maximum absolute atomic E-state index is 13.1. The van der Waals surface area contributed by atoms with E-state index in [4.69, 9.17) is 9.47 Å². The summed E-state index contributed by atoms with van der Waals surface area (Å²) in [6.45, 7) is 0. The van der Waals surface area contributed by atoms with Crippen molar-refractivity contribution in [1.82, 2.24) is 9.97 Å². The highest BCUT2D eigenvalue weighted by atomic mass is 19.1. The summed E-state index contributed by atoms with van der Waals surface area (Å²) >= 11 is 0. The first kappa shape index (κ1) is 18.9. The van der Waals surface area contributed by atoms with Gasteiger partial charge in [0.25, 0.3) is 0 Å². The summed E-state index contributed by atoms with van der Waals surface area (Å²) in [5.41, 5.74) is 2.91. The number of Topliss-reactive ketones (excluding diaryl/α,β-unsaturated/α-hetero) is 1. The van der Waals surface area contributed by atoms with E-state index in [-0.39, 0.29) is 17.5 Å². The molecular weight excluding hydrogens is 373 g/mol. The molecule has 6 nitrogen and oxygen atoms in total. The molecule has 0 amide bonds. The third-order valence-electron chi connectivity index (χ3n) is 5.02. The van der Waals surface area contributed by atoms with Gasteiger partial charge < -0.3 is 14.8 Å². The zero-order valence-corrected chi connectivity index (χ0v) is 16.1. The van der Waals surface area contributed by atoms with E-state index in [1.165, 1.54) is 12.1 Å². The van der Waals surface area contributed by atoms with Crippen molar-refractivity contribution in [2.75, 3.05) is 19.5 Å². The molecule has 1 N–H and O–H groups in total. The fourth-order valence-electron chi connectivity index (χ4n) is 3.51. The van der Waals surface area contributed by atoms with Gasteiger partial charge in [-0.15, -0.1) is 0 Å². The lowest BCUT2D eigenvalue weighted by Crippen LogP contribution is -2.21. The van der Waals surface area contributed by atoms with Crippen LogP contribution in [0, 0.1) is 5.82 Å². The predicted molar refractivity (Wildman–Crippen MR) is 107 cm³/mol. The van der Waals surface area contributed by atoms with Crippen LogP contribution in [0.15, 0.2) is 48.7 Å². The number of halogens is 1. The molecule has 1 unspecified atom stereocenters. The number of ketones is 1. The first-order valence-corrected chi connectivity index (χ1v) is 9.21. The molecule has 1 aliphatic carbocycles. The van der Waals surface area contributed by atoms with Gasteiger partial charge in [0.2, 0.25) is 5.95 Å². The highest BCUT2D eigenvalue weighted by Gasteiger charge is 2.28. The number of nitrogens with zero attached hydrogens (tertiary/aromatic N) is 2. The van der Waals surface area contributed by atoms with Crippen molar-refractivity contribution < 1.29 is 18.7 Å². The quantitative estimate of drug-likeness (QED) is 0.697. The number of hydrogen-bond donors (Lipinski definition) is 1. The Bertz CT molecular complexity index is 1050. The molecule has 0 saturated carbocycles. The number of aromatic nitrogens is 2. The summed E-state index contributed by atoms with van der Waals surface area (Å²) in [4.78, 5) is 21.4. The van der Waals surface area contributed by atoms with Crippen LogP contribution in [0.3, 0.4) is 0 Å². The molecule has 0 bridgehead atoms. The monoisotopic (exact) mass is 393 g/mol. The lowest BCUT2D eigenvalue weighted by molar-refractivity contribution is 0.0962. The number of methoxy groups -OCH3 is 2. The summed E-state index contributed by atoms with van der Waals surface area (Å²) in [5, 5.41) is 3.05. The minimum atomic E-state index is -0.315. The normalized spacial score (nSPS) is 15.6. The van der Waals surface area contributed by atoms with E-state index in [0.29, 0.717) is 47.2 Å². The maximum atomic E-state index is 13.1. The molecule has 0 saturated heterocycles. The van der Waals surface area contributed by atoms with E-state index < -0.39 is 0 Å². The van der Waals surface area contributed by atoms with Crippen molar-refractivity contribution in [2.24, 2.45) is 0 Å². The SMILES string of the molecule is COc1ccc(C2CC(=O)c3cnc(Nc4ccc(F)cc4)nc3C2)cc1OC. The van der Waals surface area contributed by atoms with E-state index in [0.717, 1.165) is 5.56 Å². The summed E-state index contributed by atoms with van der Waals surface area (Å²) in [6.07, 6.45) is 2.55. The Kier molecular flexibility index (Phi) is 5.12. The Hall–Kier alpha value is -3.48. The third-order valence-corrected chi connectivity index (χ3v) is 5.02. The van der Waals surface area contributed by atoms with E-state index in [2.05, 4.69) is 15.3 Å². The molecule has 0 aliphatic heterocycles. The van der Waals surface area contributed by atoms with Crippen LogP contribution in [0.5, 0.6) is 11.5 Å². The van der Waals surface area contributed by atoms with Crippen LogP contribution in [-0.2, 0) is 6.42 Å². The van der Waals surface area contributed by atoms with Gasteiger partial charge in [-0.05, 0) is 54.3 Å². The number of anilines is 2. The second-order valence-corrected chi connectivity index (χ2v) is 6.83. The molecule has 1 heterocycles. The van der Waals surface area contributed by atoms with Crippen molar-refractivity contribution in [3.63, 3.8) is 0 Å². The largest absolute Gasteiger partial charge is 0.493 e. The van der Waals surface area contributed by atoms with Crippen molar-refractivity contribution in [3.8, 4) is 11.5 Å². The molecule has 3 aromatic rings. The minimum absolute atomic E-state index is 0.0108. The van der Waals surface area contributed by atoms with Crippen LogP contribution in [0.25, 0.3) is 0 Å². The summed E-state index contributed by atoms with van der Waals surface area (Å²) in [5.74, 6) is 1.33. The molecule has 0 fully saturated rings. The highest BCUT2D eigenvalue weighted by molar-refractivity contribution is 5.98. The molecule has 29 heavy (non-hydrogen) atoms. The topological polar surface area (TPSA) is 73.3 Å². The Balaban J connectivity index is 1.60. The minimum Gasteiger partial charge on any atom is -0.493 e. The predicted octanol–water partition coefficient (Wildman–Crippen LogP) is 4.29. The number of carbonyl (C=O) groups is 1. The average molecular weight is 393 g/mol. The van der Waals surface area contributed by atoms with E-state index in [9.17, 15) is 9.18 Å². The molecular formula is C22H20FN3O3. The number of hydrogen-bond acceptors (Lipinski definition) is 6. The van der Waals surface area contributed by atoms with Gasteiger partial charge in [0.15, 0.2) is 17.3 Å². The Morgan fingerprint density at radius 2 is 1.79 bits per heavy atom. The van der Waals surface area contributed by atoms with Gasteiger partial charge in [0, 0.05) is 18.3 Å². The number of ether oxygens (including phenoxy) is 2. The van der Waals surface area contributed by atoms with Gasteiger partial charge in [-0.25, -0.2) is 14.4 Å². The molecule has 1 aromatic heterocycles. The lowest BCUT2D eigenvalue weighted by Gasteiger charge is -2.24. The number of fused-ring (bicyclic) bond motifs is 1. The average Bonchev–Trinajstić information content (AvgIpc) is 2.74. The Morgan fingerprint density at radius 1 is 1.03 bits per heavy atom. The number of rotatable bonds is 5. The molecule has 148 valence electrons. The molecule has 1 atom stereocenters. The standard InChI is InChI=1S/C22H20FN3O3/c1-28-20-8-3-13(11-21(20)29-2)14-9-18-17(19(27)10-14)12-24-22(26-18)25-16-6-4-15(23)5-7-16/h3-8,11-12,14H,9-10H2,1-2H3,(H,24,25,26). The molecule has 1 aliphatic rings. The zero-order valence-electron chi connectivity index (χ0n) is 16.1. The third kappa shape index (κ3) is 3.89. The van der Waals surface area contributed by atoms with E-state index >= 15 is 0 Å². The molecule has 7 heteroatoms. The van der Waals surface area contributed by atoms with Gasteiger partial charge in [0.1, 0.15) is 5.82 Å². The van der Waals surface area contributed by atoms with Crippen molar-refractivity contribution in [3.05, 3.63) is 71.3 Å². The first-order chi connectivity index (χ1) is 14.1. The van der Waals surface area contributed by atoms with Crippen LogP contribution < -0.4 is 14.8 Å². The van der Waals surface area contributed by atoms with Gasteiger partial charge in [0.05, 0.1) is 25.5 Å². The van der Waals surface area contributed by atoms with Crippen LogP contribution in [0.1, 0.15) is 34.0 Å². The molecule has 2 aromatic carbocycles. The molecule has 0 radical (unpaired) electrons. The smallest absolute Gasteiger partial charge is 0.227 e. The lowest BCUT2D eigenvalue weighted by atomic mass is 9.82. The fraction of sp³-hybridized carbons (Fsp3) is 0.227. The summed E-state index contributed by atoms with van der Waals surface area (Å²) < 4.78 is 23.8. The van der Waals surface area contributed by atoms with Gasteiger partial charge in [-0.3, -0.25) is 4.79 Å². The second-order valence-electron chi connectivity index (χ2n) is 6.83. The number of benzene rings is 2. The molecule has 4 rings (SSSR count). The molecule has 0 spiro atoms. The maximum Gasteiger partial charge on any atom is 0.227 e. The van der Waals surface area contributed by atoms with E-state index in [1.54, 1.807) is 32.5 Å². The van der Waals surface area contributed by atoms with Crippen molar-refractivity contribution >= 4 is 17.4 Å². The Labute approximate surface area is 167 Å². The van der Waals surface area contributed by atoms with Crippen molar-refractivity contribution in [1.29, 1.82) is 0 Å². The summed E-state index contributed by atoms with van der Waals surface area (Å²) in [7, 11) is 3.17. The number of carbonyl (C=O) groups excluding carboxylic acids is 1. The van der Waals surface area contributed by atoms with Gasteiger partial charge >= 0.3 is 0 Å². The van der Waals surface area contributed by atoms with Crippen LogP contribution in [-0.4, -0.2) is 30.0 Å². The van der Waals surface area contributed by atoms with Crippen LogP contribution >= 0.6 is 0 Å². The first-order valence-electron chi connectivity index (χ1n) is 9.21. The van der Waals surface area contributed by atoms with E-state index in [1.807, 2.05) is 18.2 Å². The number of nitrogens with one attached hydrogen (secondary N) is 1. The Morgan fingerprint density at radius 3 is 2.52 bits per heavy atom. The van der Waals surface area contributed by atoms with Gasteiger partial charge in [-0.1, -0.05) is 6.07 Å².